The molecular weight excluding hydrogens is 238 g/mol. The van der Waals surface area contributed by atoms with Crippen LogP contribution >= 0.6 is 0 Å². The lowest BCUT2D eigenvalue weighted by Gasteiger charge is -2.11. The van der Waals surface area contributed by atoms with Crippen LogP contribution in [0.15, 0.2) is 24.3 Å². The molecule has 0 radical (unpaired) electrons. The molecule has 0 atom stereocenters. The molecule has 2 aromatic rings. The molecule has 0 aliphatic heterocycles. The van der Waals surface area contributed by atoms with Gasteiger partial charge in [0.05, 0.1) is 11.9 Å². The zero-order valence-corrected chi connectivity index (χ0v) is 11.6. The smallest absolute Gasteiger partial charge is 0.307 e. The van der Waals surface area contributed by atoms with Gasteiger partial charge in [-0.3, -0.25) is 9.78 Å². The highest BCUT2D eigenvalue weighted by Crippen LogP contribution is 2.24. The summed E-state index contributed by atoms with van der Waals surface area (Å²) in [6, 6.07) is 8.04. The Kier molecular flexibility index (Phi) is 3.84. The first-order valence-corrected chi connectivity index (χ1v) is 6.65. The SMILES string of the molecule is CCc1ccc2nc(C(C)C)cc(CC(=O)O)c2c1. The molecule has 3 heteroatoms. The minimum Gasteiger partial charge on any atom is -0.481 e. The first-order valence-electron chi connectivity index (χ1n) is 6.65. The summed E-state index contributed by atoms with van der Waals surface area (Å²) in [6.45, 7) is 6.23. The zero-order chi connectivity index (χ0) is 14.0. The zero-order valence-electron chi connectivity index (χ0n) is 11.6. The second-order valence-electron chi connectivity index (χ2n) is 5.14. The fraction of sp³-hybridized carbons (Fsp3) is 0.375. The standard InChI is InChI=1S/C16H19NO2/c1-4-11-5-6-14-13(7-11)12(9-16(18)19)8-15(17-14)10(2)3/h5-8,10H,4,9H2,1-3H3,(H,18,19). The lowest BCUT2D eigenvalue weighted by Crippen LogP contribution is -2.04. The first-order chi connectivity index (χ1) is 9.01. The summed E-state index contributed by atoms with van der Waals surface area (Å²) < 4.78 is 0. The molecule has 0 spiro atoms. The van der Waals surface area contributed by atoms with Crippen LogP contribution in [0.2, 0.25) is 0 Å². The fourth-order valence-corrected chi connectivity index (χ4v) is 2.19. The van der Waals surface area contributed by atoms with E-state index in [9.17, 15) is 4.79 Å². The van der Waals surface area contributed by atoms with Gasteiger partial charge in [-0.2, -0.15) is 0 Å². The summed E-state index contributed by atoms with van der Waals surface area (Å²) in [5.74, 6) is -0.507. The summed E-state index contributed by atoms with van der Waals surface area (Å²) in [7, 11) is 0. The van der Waals surface area contributed by atoms with Crippen molar-refractivity contribution in [2.45, 2.75) is 39.5 Å². The lowest BCUT2D eigenvalue weighted by molar-refractivity contribution is -0.136. The van der Waals surface area contributed by atoms with Crippen molar-refractivity contribution < 1.29 is 9.90 Å². The van der Waals surface area contributed by atoms with Crippen molar-refractivity contribution in [2.75, 3.05) is 0 Å². The molecule has 0 amide bonds. The van der Waals surface area contributed by atoms with Crippen LogP contribution in [0.25, 0.3) is 10.9 Å². The van der Waals surface area contributed by atoms with Crippen molar-refractivity contribution in [2.24, 2.45) is 0 Å². The predicted molar refractivity (Wildman–Crippen MR) is 76.5 cm³/mol. The summed E-state index contributed by atoms with van der Waals surface area (Å²) in [4.78, 5) is 15.7. The number of aliphatic carboxylic acids is 1. The van der Waals surface area contributed by atoms with Crippen LogP contribution in [-0.4, -0.2) is 16.1 Å². The van der Waals surface area contributed by atoms with Gasteiger partial charge < -0.3 is 5.11 Å². The van der Waals surface area contributed by atoms with Gasteiger partial charge in [0.15, 0.2) is 0 Å². The number of carboxylic acid groups (broad SMARTS) is 1. The van der Waals surface area contributed by atoms with E-state index in [0.29, 0.717) is 5.92 Å². The van der Waals surface area contributed by atoms with E-state index in [-0.39, 0.29) is 6.42 Å². The fourth-order valence-electron chi connectivity index (χ4n) is 2.19. The second-order valence-corrected chi connectivity index (χ2v) is 5.14. The van der Waals surface area contributed by atoms with Crippen LogP contribution in [0, 0.1) is 0 Å². The third-order valence-corrected chi connectivity index (χ3v) is 3.32. The van der Waals surface area contributed by atoms with E-state index in [1.165, 1.54) is 5.56 Å². The van der Waals surface area contributed by atoms with E-state index in [0.717, 1.165) is 28.6 Å². The number of aryl methyl sites for hydroxylation is 1. The monoisotopic (exact) mass is 257 g/mol. The van der Waals surface area contributed by atoms with Crippen molar-refractivity contribution >= 4 is 16.9 Å². The molecule has 1 aromatic carbocycles. The molecule has 0 fully saturated rings. The largest absolute Gasteiger partial charge is 0.481 e. The summed E-state index contributed by atoms with van der Waals surface area (Å²) >= 11 is 0. The van der Waals surface area contributed by atoms with Crippen LogP contribution in [0.5, 0.6) is 0 Å². The van der Waals surface area contributed by atoms with E-state index in [1.807, 2.05) is 12.1 Å². The Morgan fingerprint density at radius 3 is 2.63 bits per heavy atom. The Morgan fingerprint density at radius 2 is 2.05 bits per heavy atom. The van der Waals surface area contributed by atoms with Gasteiger partial charge in [-0.05, 0) is 41.7 Å². The van der Waals surface area contributed by atoms with Gasteiger partial charge in [0.2, 0.25) is 0 Å². The Morgan fingerprint density at radius 1 is 1.32 bits per heavy atom. The number of aromatic nitrogens is 1. The van der Waals surface area contributed by atoms with E-state index >= 15 is 0 Å². The highest BCUT2D eigenvalue weighted by molar-refractivity contribution is 5.86. The van der Waals surface area contributed by atoms with Gasteiger partial charge in [-0.1, -0.05) is 26.8 Å². The maximum Gasteiger partial charge on any atom is 0.307 e. The molecular formula is C16H19NO2. The first kappa shape index (κ1) is 13.5. The molecule has 3 nitrogen and oxygen atoms in total. The lowest BCUT2D eigenvalue weighted by atomic mass is 9.99. The number of pyridine rings is 1. The van der Waals surface area contributed by atoms with E-state index in [2.05, 4.69) is 37.9 Å². The molecule has 1 aromatic heterocycles. The molecule has 0 aliphatic rings. The van der Waals surface area contributed by atoms with Crippen LogP contribution < -0.4 is 0 Å². The summed E-state index contributed by atoms with van der Waals surface area (Å²) in [6.07, 6.45) is 0.986. The predicted octanol–water partition coefficient (Wildman–Crippen LogP) is 3.55. The van der Waals surface area contributed by atoms with Crippen molar-refractivity contribution in [1.29, 1.82) is 0 Å². The van der Waals surface area contributed by atoms with Crippen LogP contribution in [0.3, 0.4) is 0 Å². The van der Waals surface area contributed by atoms with E-state index in [1.54, 1.807) is 0 Å². The van der Waals surface area contributed by atoms with Crippen molar-refractivity contribution in [3.05, 3.63) is 41.1 Å². The van der Waals surface area contributed by atoms with Gasteiger partial charge in [0.25, 0.3) is 0 Å². The molecule has 1 heterocycles. The average Bonchev–Trinajstić information content (AvgIpc) is 2.37. The Labute approximate surface area is 113 Å². The minimum atomic E-state index is -0.802. The molecule has 0 saturated carbocycles. The molecule has 2 rings (SSSR count). The third-order valence-electron chi connectivity index (χ3n) is 3.32. The number of fused-ring (bicyclic) bond motifs is 1. The van der Waals surface area contributed by atoms with Crippen molar-refractivity contribution in [1.82, 2.24) is 4.98 Å². The maximum absolute atomic E-state index is 11.0. The molecule has 0 saturated heterocycles. The average molecular weight is 257 g/mol. The van der Waals surface area contributed by atoms with Crippen molar-refractivity contribution in [3.63, 3.8) is 0 Å². The topological polar surface area (TPSA) is 50.2 Å². The van der Waals surface area contributed by atoms with Crippen LogP contribution in [-0.2, 0) is 17.6 Å². The molecule has 0 bridgehead atoms. The molecule has 0 aliphatic carbocycles. The molecule has 100 valence electrons. The van der Waals surface area contributed by atoms with Crippen LogP contribution in [0.4, 0.5) is 0 Å². The Balaban J connectivity index is 2.67. The number of carboxylic acids is 1. The van der Waals surface area contributed by atoms with E-state index in [4.69, 9.17) is 5.11 Å². The number of hydrogen-bond donors (Lipinski definition) is 1. The Hall–Kier alpha value is -1.90. The van der Waals surface area contributed by atoms with Crippen LogP contribution in [0.1, 0.15) is 43.5 Å². The summed E-state index contributed by atoms with van der Waals surface area (Å²) in [5.41, 5.74) is 3.90. The number of hydrogen-bond acceptors (Lipinski definition) is 2. The Bertz CT molecular complexity index is 617. The quantitative estimate of drug-likeness (QED) is 0.911. The highest BCUT2D eigenvalue weighted by Gasteiger charge is 2.11. The third kappa shape index (κ3) is 2.92. The van der Waals surface area contributed by atoms with Gasteiger partial charge in [0, 0.05) is 11.1 Å². The molecule has 1 N–H and O–H groups in total. The van der Waals surface area contributed by atoms with Gasteiger partial charge in [-0.25, -0.2) is 0 Å². The minimum absolute atomic E-state index is 0.0475. The number of rotatable bonds is 4. The number of benzene rings is 1. The normalized spacial score (nSPS) is 11.2. The second kappa shape index (κ2) is 5.39. The molecule has 19 heavy (non-hydrogen) atoms. The maximum atomic E-state index is 11.0. The van der Waals surface area contributed by atoms with E-state index < -0.39 is 5.97 Å². The number of nitrogens with zero attached hydrogens (tertiary/aromatic N) is 1. The molecule has 0 unspecified atom stereocenters. The van der Waals surface area contributed by atoms with Gasteiger partial charge >= 0.3 is 5.97 Å². The summed E-state index contributed by atoms with van der Waals surface area (Å²) in [5, 5.41) is 10.0. The van der Waals surface area contributed by atoms with Gasteiger partial charge in [0.1, 0.15) is 0 Å². The highest BCUT2D eigenvalue weighted by atomic mass is 16.4. The number of carbonyl (C=O) groups is 1. The van der Waals surface area contributed by atoms with Gasteiger partial charge in [-0.15, -0.1) is 0 Å². The van der Waals surface area contributed by atoms with Crippen molar-refractivity contribution in [3.8, 4) is 0 Å².